The van der Waals surface area contributed by atoms with Crippen LogP contribution in [0.1, 0.15) is 297 Å². The SMILES string of the molecule is CC/C=C\C/C=C\C/C=C\C/C=C\C/C=C\C/C=C\CCC(=O)OCC(COP(=O)(O)OCC(O)COP(=O)(O)OCC(COC(=O)CCCCCCC/C=C\CCCCCCCC)OC(=O)CCCCCCC/C=C\C/C=C\CCC)OC(=O)CCCCCCC/C=C\CCCC. The van der Waals surface area contributed by atoms with Gasteiger partial charge in [0.15, 0.2) is 12.2 Å². The Bertz CT molecular complexity index is 2340. The first kappa shape index (κ1) is 93.5. The molecule has 5 atom stereocenters. The van der Waals surface area contributed by atoms with Gasteiger partial charge in [0.1, 0.15) is 19.3 Å². The van der Waals surface area contributed by atoms with Crippen LogP contribution in [0.15, 0.2) is 122 Å². The Morgan fingerprint density at radius 2 is 0.582 bits per heavy atom. The standard InChI is InChI=1S/C79H134O17P2/c1-5-9-13-17-21-25-29-32-34-35-36-37-39-42-45-48-52-56-60-64-77(82)89-69-74(95-78(83)65-61-57-53-49-43-28-24-20-16-12-8-4)71-93-97(85,86)91-67-73(80)68-92-98(87,88)94-72-75(96-79(84)66-62-58-54-50-46-40-31-27-23-19-15-11-7-3)70-90-76(81)63-59-55-51-47-44-41-38-33-30-26-22-18-14-10-6-2/h9,13,15,19-21,24-25,27,31-34,36-38,42,45,52,56,73-75,80H,5-8,10-12,14,16-18,22-23,26,28-30,35,39-41,43-44,46-51,53-55,57-72H2,1-4H3,(H,85,86)(H,87,88)/b13-9-,19-15-,24-20-,25-21-,31-27-,34-32-,37-36-,38-33-,45-42-,56-52-. The minimum Gasteiger partial charge on any atom is -0.462 e. The second kappa shape index (κ2) is 70.9. The molecule has 0 aliphatic heterocycles. The van der Waals surface area contributed by atoms with Crippen LogP contribution in [0.2, 0.25) is 0 Å². The van der Waals surface area contributed by atoms with Crippen molar-refractivity contribution >= 4 is 39.5 Å². The van der Waals surface area contributed by atoms with Gasteiger partial charge in [-0.15, -0.1) is 0 Å². The monoisotopic (exact) mass is 1420 g/mol. The van der Waals surface area contributed by atoms with Crippen LogP contribution >= 0.6 is 15.6 Å². The van der Waals surface area contributed by atoms with Crippen molar-refractivity contribution in [2.45, 2.75) is 316 Å². The smallest absolute Gasteiger partial charge is 0.462 e. The number of carbonyl (C=O) groups is 4. The van der Waals surface area contributed by atoms with E-state index < -0.39 is 97.5 Å². The topological polar surface area (TPSA) is 237 Å². The fourth-order valence-electron chi connectivity index (χ4n) is 9.61. The Labute approximate surface area is 593 Å². The van der Waals surface area contributed by atoms with E-state index in [1.54, 1.807) is 0 Å². The first-order valence-corrected chi connectivity index (χ1v) is 40.8. The summed E-state index contributed by atoms with van der Waals surface area (Å²) >= 11 is 0. The number of phosphoric acid groups is 2. The summed E-state index contributed by atoms with van der Waals surface area (Å²) < 4.78 is 68.3. The lowest BCUT2D eigenvalue weighted by molar-refractivity contribution is -0.161. The number of aliphatic hydroxyl groups is 1. The van der Waals surface area contributed by atoms with E-state index in [2.05, 4.69) is 131 Å². The van der Waals surface area contributed by atoms with E-state index in [-0.39, 0.29) is 25.7 Å². The highest BCUT2D eigenvalue weighted by molar-refractivity contribution is 7.47. The molecule has 98 heavy (non-hydrogen) atoms. The molecule has 3 N–H and O–H groups in total. The van der Waals surface area contributed by atoms with E-state index in [4.69, 9.17) is 37.0 Å². The number of unbranched alkanes of at least 4 members (excludes halogenated alkanes) is 24. The van der Waals surface area contributed by atoms with Gasteiger partial charge in [-0.1, -0.05) is 258 Å². The van der Waals surface area contributed by atoms with Gasteiger partial charge in [0.2, 0.25) is 0 Å². The van der Waals surface area contributed by atoms with Crippen molar-refractivity contribution in [1.29, 1.82) is 0 Å². The van der Waals surface area contributed by atoms with Crippen molar-refractivity contribution in [1.82, 2.24) is 0 Å². The first-order valence-electron chi connectivity index (χ1n) is 37.8. The molecule has 0 aromatic heterocycles. The number of aliphatic hydroxyl groups excluding tert-OH is 1. The minimum atomic E-state index is -4.99. The number of phosphoric ester groups is 2. The van der Waals surface area contributed by atoms with Gasteiger partial charge >= 0.3 is 39.5 Å². The maximum atomic E-state index is 13.1. The predicted octanol–water partition coefficient (Wildman–Crippen LogP) is 21.6. The molecule has 0 amide bonds. The second-order valence-corrected chi connectivity index (χ2v) is 27.8. The normalized spacial score (nSPS) is 14.6. The van der Waals surface area contributed by atoms with Crippen LogP contribution in [0.25, 0.3) is 0 Å². The number of rotatable bonds is 70. The molecule has 0 fully saturated rings. The molecule has 17 nitrogen and oxygen atoms in total. The Balaban J connectivity index is 5.38. The van der Waals surface area contributed by atoms with Crippen molar-refractivity contribution in [3.63, 3.8) is 0 Å². The number of carbonyl (C=O) groups excluding carboxylic acids is 4. The summed E-state index contributed by atoms with van der Waals surface area (Å²) in [5.41, 5.74) is 0. The molecule has 19 heteroatoms. The highest BCUT2D eigenvalue weighted by Crippen LogP contribution is 2.45. The van der Waals surface area contributed by atoms with E-state index in [1.165, 1.54) is 51.4 Å². The van der Waals surface area contributed by atoms with E-state index in [1.807, 2.05) is 18.2 Å². The lowest BCUT2D eigenvalue weighted by Crippen LogP contribution is -2.30. The highest BCUT2D eigenvalue weighted by atomic mass is 31.2. The quantitative estimate of drug-likeness (QED) is 0.0169. The van der Waals surface area contributed by atoms with Crippen LogP contribution in [-0.4, -0.2) is 96.7 Å². The average molecular weight is 1420 g/mol. The molecule has 0 bridgehead atoms. The summed E-state index contributed by atoms with van der Waals surface area (Å²) in [6.07, 6.45) is 76.4. The number of ether oxygens (including phenoxy) is 4. The van der Waals surface area contributed by atoms with Crippen LogP contribution in [0.4, 0.5) is 0 Å². The molecule has 562 valence electrons. The molecular weight excluding hydrogens is 1280 g/mol. The Morgan fingerprint density at radius 3 is 0.959 bits per heavy atom. The Morgan fingerprint density at radius 1 is 0.296 bits per heavy atom. The van der Waals surface area contributed by atoms with Gasteiger partial charge < -0.3 is 33.8 Å². The van der Waals surface area contributed by atoms with Crippen molar-refractivity contribution in [2.24, 2.45) is 0 Å². The maximum Gasteiger partial charge on any atom is 0.472 e. The van der Waals surface area contributed by atoms with Crippen molar-refractivity contribution in [3.8, 4) is 0 Å². The molecule has 0 heterocycles. The summed E-state index contributed by atoms with van der Waals surface area (Å²) in [7, 11) is -9.97. The zero-order valence-corrected chi connectivity index (χ0v) is 63.0. The average Bonchev–Trinajstić information content (AvgIpc) is 1.00. The zero-order chi connectivity index (χ0) is 71.8. The molecule has 0 aliphatic rings. The fourth-order valence-corrected chi connectivity index (χ4v) is 11.2. The van der Waals surface area contributed by atoms with E-state index in [0.717, 1.165) is 161 Å². The van der Waals surface area contributed by atoms with Gasteiger partial charge in [-0.2, -0.15) is 0 Å². The second-order valence-electron chi connectivity index (χ2n) is 24.8. The Hall–Kier alpha value is -4.54. The predicted molar refractivity (Wildman–Crippen MR) is 399 cm³/mol. The van der Waals surface area contributed by atoms with Crippen LogP contribution in [-0.2, 0) is 65.4 Å². The summed E-state index contributed by atoms with van der Waals surface area (Å²) in [5.74, 6) is -2.31. The molecule has 0 aromatic carbocycles. The van der Waals surface area contributed by atoms with Crippen LogP contribution < -0.4 is 0 Å². The molecule has 0 aromatic rings. The maximum absolute atomic E-state index is 13.1. The van der Waals surface area contributed by atoms with Gasteiger partial charge in [-0.3, -0.25) is 37.3 Å². The third kappa shape index (κ3) is 69.9. The summed E-state index contributed by atoms with van der Waals surface area (Å²) in [4.78, 5) is 72.7. The number of hydrogen-bond donors (Lipinski definition) is 3. The van der Waals surface area contributed by atoms with E-state index >= 15 is 0 Å². The molecule has 0 aliphatic carbocycles. The third-order valence-corrected chi connectivity index (χ3v) is 17.3. The van der Waals surface area contributed by atoms with Gasteiger partial charge in [-0.05, 0) is 135 Å². The molecule has 0 saturated heterocycles. The van der Waals surface area contributed by atoms with Crippen molar-refractivity contribution in [2.75, 3.05) is 39.6 Å². The minimum absolute atomic E-state index is 0.0323. The molecular formula is C79H134O17P2. The molecule has 0 spiro atoms. The van der Waals surface area contributed by atoms with Gasteiger partial charge in [-0.25, -0.2) is 9.13 Å². The van der Waals surface area contributed by atoms with Crippen molar-refractivity contribution < 1.29 is 80.2 Å². The van der Waals surface area contributed by atoms with Gasteiger partial charge in [0.25, 0.3) is 0 Å². The van der Waals surface area contributed by atoms with Gasteiger partial charge in [0, 0.05) is 25.7 Å². The van der Waals surface area contributed by atoms with Gasteiger partial charge in [0.05, 0.1) is 26.4 Å². The Kier molecular flexibility index (Phi) is 67.6. The number of hydrogen-bond acceptors (Lipinski definition) is 15. The largest absolute Gasteiger partial charge is 0.472 e. The molecule has 0 saturated carbocycles. The van der Waals surface area contributed by atoms with Crippen LogP contribution in [0, 0.1) is 0 Å². The van der Waals surface area contributed by atoms with Crippen LogP contribution in [0.5, 0.6) is 0 Å². The molecule has 0 radical (unpaired) electrons. The summed E-state index contributed by atoms with van der Waals surface area (Å²) in [6.45, 7) is 4.52. The lowest BCUT2D eigenvalue weighted by Gasteiger charge is -2.21. The molecule has 0 rings (SSSR count). The fraction of sp³-hybridized carbons (Fsp3) is 0.696. The van der Waals surface area contributed by atoms with E-state index in [0.29, 0.717) is 32.1 Å². The third-order valence-electron chi connectivity index (χ3n) is 15.4. The van der Waals surface area contributed by atoms with E-state index in [9.17, 15) is 43.2 Å². The summed E-state index contributed by atoms with van der Waals surface area (Å²) in [6, 6.07) is 0. The summed E-state index contributed by atoms with van der Waals surface area (Å²) in [5, 5.41) is 10.6. The lowest BCUT2D eigenvalue weighted by atomic mass is 10.1. The van der Waals surface area contributed by atoms with Crippen LogP contribution in [0.3, 0.4) is 0 Å². The number of esters is 4. The number of allylic oxidation sites excluding steroid dienone is 20. The zero-order valence-electron chi connectivity index (χ0n) is 61.2. The first-order chi connectivity index (χ1) is 47.7. The molecule has 5 unspecified atom stereocenters. The van der Waals surface area contributed by atoms with Crippen molar-refractivity contribution in [3.05, 3.63) is 122 Å². The highest BCUT2D eigenvalue weighted by Gasteiger charge is 2.30.